The van der Waals surface area contributed by atoms with Crippen LogP contribution in [-0.4, -0.2) is 29.4 Å². The Kier molecular flexibility index (Phi) is 3.30. The molecule has 1 rings (SSSR count). The Morgan fingerprint density at radius 1 is 1.57 bits per heavy atom. The first-order chi connectivity index (χ1) is 6.61. The summed E-state index contributed by atoms with van der Waals surface area (Å²) < 4.78 is 6.54. The van der Waals surface area contributed by atoms with Crippen molar-refractivity contribution in [1.29, 1.82) is 0 Å². The Balaban J connectivity index is 3.10. The first kappa shape index (κ1) is 10.8. The lowest BCUT2D eigenvalue weighted by Crippen LogP contribution is -2.08. The highest BCUT2D eigenvalue weighted by molar-refractivity contribution is 5.91. The molecule has 0 spiro atoms. The SMILES string of the molecule is COC(=O)c1cc(C)n(CCO)c1C. The van der Waals surface area contributed by atoms with Gasteiger partial charge in [-0.05, 0) is 19.9 Å². The minimum atomic E-state index is -0.331. The van der Waals surface area contributed by atoms with E-state index >= 15 is 0 Å². The summed E-state index contributed by atoms with van der Waals surface area (Å²) in [5.41, 5.74) is 2.36. The van der Waals surface area contributed by atoms with Crippen molar-refractivity contribution in [1.82, 2.24) is 4.57 Å². The van der Waals surface area contributed by atoms with Gasteiger partial charge in [0.15, 0.2) is 0 Å². The molecule has 0 aromatic carbocycles. The molecule has 1 aromatic heterocycles. The van der Waals surface area contributed by atoms with E-state index in [2.05, 4.69) is 4.74 Å². The summed E-state index contributed by atoms with van der Waals surface area (Å²) in [5, 5.41) is 8.84. The molecule has 0 aliphatic rings. The molecule has 0 saturated carbocycles. The van der Waals surface area contributed by atoms with Crippen LogP contribution in [0.5, 0.6) is 0 Å². The molecule has 4 nitrogen and oxygen atoms in total. The van der Waals surface area contributed by atoms with E-state index in [1.54, 1.807) is 6.07 Å². The van der Waals surface area contributed by atoms with Crippen LogP contribution in [0.4, 0.5) is 0 Å². The number of nitrogens with zero attached hydrogens (tertiary/aromatic N) is 1. The van der Waals surface area contributed by atoms with Crippen LogP contribution in [0.15, 0.2) is 6.07 Å². The van der Waals surface area contributed by atoms with E-state index in [9.17, 15) is 4.79 Å². The molecule has 0 amide bonds. The van der Waals surface area contributed by atoms with Gasteiger partial charge in [0, 0.05) is 17.9 Å². The predicted molar refractivity (Wildman–Crippen MR) is 52.3 cm³/mol. The van der Waals surface area contributed by atoms with Gasteiger partial charge in [0.1, 0.15) is 0 Å². The third-order valence-electron chi connectivity index (χ3n) is 2.30. The molecule has 78 valence electrons. The maximum Gasteiger partial charge on any atom is 0.339 e. The third-order valence-corrected chi connectivity index (χ3v) is 2.30. The molecule has 0 radical (unpaired) electrons. The number of aromatic nitrogens is 1. The highest BCUT2D eigenvalue weighted by atomic mass is 16.5. The minimum Gasteiger partial charge on any atom is -0.465 e. The Labute approximate surface area is 83.1 Å². The molecule has 1 heterocycles. The smallest absolute Gasteiger partial charge is 0.339 e. The number of hydrogen-bond donors (Lipinski definition) is 1. The summed E-state index contributed by atoms with van der Waals surface area (Å²) in [7, 11) is 1.36. The molecular weight excluding hydrogens is 182 g/mol. The molecule has 0 aliphatic carbocycles. The van der Waals surface area contributed by atoms with Gasteiger partial charge in [0.25, 0.3) is 0 Å². The highest BCUT2D eigenvalue weighted by Crippen LogP contribution is 2.15. The monoisotopic (exact) mass is 197 g/mol. The predicted octanol–water partition coefficient (Wildman–Crippen LogP) is 0.884. The molecule has 0 fully saturated rings. The largest absolute Gasteiger partial charge is 0.465 e. The lowest BCUT2D eigenvalue weighted by molar-refractivity contribution is 0.0599. The molecule has 0 saturated heterocycles. The summed E-state index contributed by atoms with van der Waals surface area (Å²) in [4.78, 5) is 11.3. The zero-order valence-electron chi connectivity index (χ0n) is 8.70. The quantitative estimate of drug-likeness (QED) is 0.732. The third kappa shape index (κ3) is 1.80. The zero-order chi connectivity index (χ0) is 10.7. The number of methoxy groups -OCH3 is 1. The van der Waals surface area contributed by atoms with Gasteiger partial charge in [-0.1, -0.05) is 0 Å². The van der Waals surface area contributed by atoms with E-state index in [0.717, 1.165) is 11.4 Å². The number of hydrogen-bond acceptors (Lipinski definition) is 3. The lowest BCUT2D eigenvalue weighted by Gasteiger charge is -2.06. The Morgan fingerprint density at radius 3 is 2.71 bits per heavy atom. The van der Waals surface area contributed by atoms with Gasteiger partial charge >= 0.3 is 5.97 Å². The van der Waals surface area contributed by atoms with Crippen molar-refractivity contribution >= 4 is 5.97 Å². The van der Waals surface area contributed by atoms with E-state index < -0.39 is 0 Å². The molecule has 0 atom stereocenters. The van der Waals surface area contributed by atoms with Gasteiger partial charge in [0.05, 0.1) is 19.3 Å². The summed E-state index contributed by atoms with van der Waals surface area (Å²) >= 11 is 0. The lowest BCUT2D eigenvalue weighted by atomic mass is 10.2. The van der Waals surface area contributed by atoms with E-state index in [1.165, 1.54) is 7.11 Å². The second-order valence-corrected chi connectivity index (χ2v) is 3.15. The van der Waals surface area contributed by atoms with Gasteiger partial charge < -0.3 is 14.4 Å². The Hall–Kier alpha value is -1.29. The molecule has 0 bridgehead atoms. The standard InChI is InChI=1S/C10H15NO3/c1-7-6-9(10(13)14-3)8(2)11(7)4-5-12/h6,12H,4-5H2,1-3H3. The second-order valence-electron chi connectivity index (χ2n) is 3.15. The van der Waals surface area contributed by atoms with Crippen molar-refractivity contribution in [3.8, 4) is 0 Å². The van der Waals surface area contributed by atoms with Gasteiger partial charge in [-0.15, -0.1) is 0 Å². The minimum absolute atomic E-state index is 0.0664. The zero-order valence-corrected chi connectivity index (χ0v) is 8.70. The van der Waals surface area contributed by atoms with E-state index in [4.69, 9.17) is 5.11 Å². The van der Waals surface area contributed by atoms with Crippen molar-refractivity contribution in [3.05, 3.63) is 23.0 Å². The summed E-state index contributed by atoms with van der Waals surface area (Å²) in [5.74, 6) is -0.331. The van der Waals surface area contributed by atoms with Crippen LogP contribution in [0.2, 0.25) is 0 Å². The fourth-order valence-corrected chi connectivity index (χ4v) is 1.56. The average Bonchev–Trinajstić information content (AvgIpc) is 2.45. The number of esters is 1. The normalized spacial score (nSPS) is 10.3. The maximum absolute atomic E-state index is 11.3. The van der Waals surface area contributed by atoms with Crippen LogP contribution in [-0.2, 0) is 11.3 Å². The van der Waals surface area contributed by atoms with Gasteiger partial charge in [-0.25, -0.2) is 4.79 Å². The van der Waals surface area contributed by atoms with Crippen LogP contribution < -0.4 is 0 Å². The molecule has 0 aliphatic heterocycles. The molecule has 4 heteroatoms. The van der Waals surface area contributed by atoms with Crippen LogP contribution in [0, 0.1) is 13.8 Å². The number of aliphatic hydroxyl groups excluding tert-OH is 1. The number of carbonyl (C=O) groups is 1. The van der Waals surface area contributed by atoms with Gasteiger partial charge in [0.2, 0.25) is 0 Å². The fourth-order valence-electron chi connectivity index (χ4n) is 1.56. The Morgan fingerprint density at radius 2 is 2.21 bits per heavy atom. The summed E-state index contributed by atoms with van der Waals surface area (Å²) in [6.45, 7) is 4.32. The van der Waals surface area contributed by atoms with E-state index in [0.29, 0.717) is 12.1 Å². The maximum atomic E-state index is 11.3. The highest BCUT2D eigenvalue weighted by Gasteiger charge is 2.15. The van der Waals surface area contributed by atoms with Crippen molar-refractivity contribution in [2.24, 2.45) is 0 Å². The van der Waals surface area contributed by atoms with Crippen molar-refractivity contribution in [2.75, 3.05) is 13.7 Å². The second kappa shape index (κ2) is 4.28. The van der Waals surface area contributed by atoms with Crippen LogP contribution in [0.25, 0.3) is 0 Å². The number of carbonyl (C=O) groups excluding carboxylic acids is 1. The van der Waals surface area contributed by atoms with Crippen LogP contribution in [0.1, 0.15) is 21.7 Å². The molecule has 1 N–H and O–H groups in total. The average molecular weight is 197 g/mol. The Bertz CT molecular complexity index is 341. The molecule has 14 heavy (non-hydrogen) atoms. The number of aliphatic hydroxyl groups is 1. The number of rotatable bonds is 3. The van der Waals surface area contributed by atoms with Crippen LogP contribution >= 0.6 is 0 Å². The van der Waals surface area contributed by atoms with Crippen LogP contribution in [0.3, 0.4) is 0 Å². The number of ether oxygens (including phenoxy) is 1. The van der Waals surface area contributed by atoms with Gasteiger partial charge in [-0.3, -0.25) is 0 Å². The van der Waals surface area contributed by atoms with Crippen molar-refractivity contribution in [3.63, 3.8) is 0 Å². The summed E-state index contributed by atoms with van der Waals surface area (Å²) in [6, 6.07) is 1.77. The number of aryl methyl sites for hydroxylation is 1. The fraction of sp³-hybridized carbons (Fsp3) is 0.500. The molecule has 0 unspecified atom stereocenters. The van der Waals surface area contributed by atoms with E-state index in [-0.39, 0.29) is 12.6 Å². The van der Waals surface area contributed by atoms with Crippen molar-refractivity contribution < 1.29 is 14.6 Å². The molecule has 1 aromatic rings. The van der Waals surface area contributed by atoms with E-state index in [1.807, 2.05) is 18.4 Å². The van der Waals surface area contributed by atoms with Crippen molar-refractivity contribution in [2.45, 2.75) is 20.4 Å². The van der Waals surface area contributed by atoms with Gasteiger partial charge in [-0.2, -0.15) is 0 Å². The topological polar surface area (TPSA) is 51.5 Å². The first-order valence-corrected chi connectivity index (χ1v) is 4.47. The summed E-state index contributed by atoms with van der Waals surface area (Å²) in [6.07, 6.45) is 0. The molecular formula is C10H15NO3. The first-order valence-electron chi connectivity index (χ1n) is 4.47.